The maximum Gasteiger partial charge on any atom is 0.387 e. The number of alkyl halides is 2. The summed E-state index contributed by atoms with van der Waals surface area (Å²) >= 11 is 0. The van der Waals surface area contributed by atoms with Crippen molar-refractivity contribution in [3.63, 3.8) is 0 Å². The first-order chi connectivity index (χ1) is 9.19. The van der Waals surface area contributed by atoms with E-state index in [1.54, 1.807) is 31.4 Å². The van der Waals surface area contributed by atoms with Gasteiger partial charge in [-0.2, -0.15) is 8.78 Å². The lowest BCUT2D eigenvalue weighted by Gasteiger charge is -2.30. The van der Waals surface area contributed by atoms with Crippen LogP contribution in [0.5, 0.6) is 5.75 Å². The molecule has 0 amide bonds. The Morgan fingerprint density at radius 1 is 1.26 bits per heavy atom. The quantitative estimate of drug-likeness (QED) is 0.886. The second-order valence-electron chi connectivity index (χ2n) is 4.74. The van der Waals surface area contributed by atoms with Crippen LogP contribution in [0, 0.1) is 0 Å². The van der Waals surface area contributed by atoms with Gasteiger partial charge in [-0.3, -0.25) is 0 Å². The molecule has 2 unspecified atom stereocenters. The van der Waals surface area contributed by atoms with Gasteiger partial charge in [0.25, 0.3) is 0 Å². The molecule has 1 aromatic carbocycles. The van der Waals surface area contributed by atoms with Gasteiger partial charge >= 0.3 is 6.61 Å². The lowest BCUT2D eigenvalue weighted by Crippen LogP contribution is -2.31. The number of hydrogen-bond donors (Lipinski definition) is 1. The summed E-state index contributed by atoms with van der Waals surface area (Å²) in [6, 6.07) is 7.03. The van der Waals surface area contributed by atoms with E-state index in [1.807, 2.05) is 0 Å². The molecule has 1 saturated carbocycles. The summed E-state index contributed by atoms with van der Waals surface area (Å²) < 4.78 is 34.5. The van der Waals surface area contributed by atoms with Crippen LogP contribution in [0.4, 0.5) is 14.5 Å². The molecule has 1 aliphatic carbocycles. The topological polar surface area (TPSA) is 30.5 Å². The molecule has 3 nitrogen and oxygen atoms in total. The largest absolute Gasteiger partial charge is 0.433 e. The number of nitrogens with one attached hydrogen (secondary N) is 1. The van der Waals surface area contributed by atoms with E-state index in [9.17, 15) is 8.78 Å². The summed E-state index contributed by atoms with van der Waals surface area (Å²) in [5, 5.41) is 3.28. The molecule has 2 rings (SSSR count). The zero-order chi connectivity index (χ0) is 13.7. The Hall–Kier alpha value is -1.36. The fraction of sp³-hybridized carbons (Fsp3) is 0.571. The molecule has 106 valence electrons. The van der Waals surface area contributed by atoms with Crippen LogP contribution in [-0.2, 0) is 4.74 Å². The lowest BCUT2D eigenvalue weighted by atomic mass is 9.92. The second kappa shape index (κ2) is 6.70. The number of benzene rings is 1. The Balaban J connectivity index is 2.01. The van der Waals surface area contributed by atoms with Gasteiger partial charge in [0.05, 0.1) is 11.8 Å². The zero-order valence-corrected chi connectivity index (χ0v) is 10.9. The Labute approximate surface area is 111 Å². The van der Waals surface area contributed by atoms with Crippen molar-refractivity contribution >= 4 is 5.69 Å². The van der Waals surface area contributed by atoms with Gasteiger partial charge in [0.1, 0.15) is 5.75 Å². The third kappa shape index (κ3) is 4.06. The van der Waals surface area contributed by atoms with Gasteiger partial charge in [-0.15, -0.1) is 0 Å². The first-order valence-electron chi connectivity index (χ1n) is 6.52. The van der Waals surface area contributed by atoms with E-state index in [1.165, 1.54) is 0 Å². The normalized spacial score (nSPS) is 23.4. The number of ether oxygens (including phenoxy) is 2. The first kappa shape index (κ1) is 14.1. The third-order valence-electron chi connectivity index (χ3n) is 3.42. The van der Waals surface area contributed by atoms with E-state index >= 15 is 0 Å². The smallest absolute Gasteiger partial charge is 0.387 e. The molecule has 1 N–H and O–H groups in total. The van der Waals surface area contributed by atoms with Crippen molar-refractivity contribution in [3.8, 4) is 5.75 Å². The molecule has 5 heteroatoms. The lowest BCUT2D eigenvalue weighted by molar-refractivity contribution is -0.0494. The van der Waals surface area contributed by atoms with Crippen LogP contribution in [0.2, 0.25) is 0 Å². The number of anilines is 1. The van der Waals surface area contributed by atoms with Crippen LogP contribution in [0.1, 0.15) is 25.7 Å². The maximum atomic E-state index is 12.3. The molecule has 1 aromatic rings. The van der Waals surface area contributed by atoms with Crippen molar-refractivity contribution in [1.82, 2.24) is 0 Å². The van der Waals surface area contributed by atoms with Gasteiger partial charge in [-0.05, 0) is 37.8 Å². The number of methoxy groups -OCH3 is 1. The molecule has 0 saturated heterocycles. The number of rotatable bonds is 5. The van der Waals surface area contributed by atoms with Gasteiger partial charge < -0.3 is 14.8 Å². The fourth-order valence-corrected chi connectivity index (χ4v) is 2.49. The van der Waals surface area contributed by atoms with Gasteiger partial charge in [-0.25, -0.2) is 0 Å². The Morgan fingerprint density at radius 2 is 2.05 bits per heavy atom. The van der Waals surface area contributed by atoms with Gasteiger partial charge in [0.15, 0.2) is 0 Å². The van der Waals surface area contributed by atoms with Crippen LogP contribution in [0.25, 0.3) is 0 Å². The summed E-state index contributed by atoms with van der Waals surface area (Å²) in [7, 11) is 1.71. The minimum atomic E-state index is -2.80. The fourth-order valence-electron chi connectivity index (χ4n) is 2.49. The molecule has 0 aliphatic heterocycles. The average Bonchev–Trinajstić information content (AvgIpc) is 2.41. The Kier molecular flexibility index (Phi) is 4.96. The minimum Gasteiger partial charge on any atom is -0.433 e. The van der Waals surface area contributed by atoms with E-state index < -0.39 is 6.61 Å². The average molecular weight is 271 g/mol. The molecule has 0 aromatic heterocycles. The van der Waals surface area contributed by atoms with E-state index in [4.69, 9.17) is 4.74 Å². The molecule has 0 radical (unpaired) electrons. The number of hydrogen-bond acceptors (Lipinski definition) is 3. The highest BCUT2D eigenvalue weighted by Gasteiger charge is 2.22. The first-order valence-corrected chi connectivity index (χ1v) is 6.52. The van der Waals surface area contributed by atoms with E-state index in [-0.39, 0.29) is 17.9 Å². The SMILES string of the molecule is COC1CCCC(Nc2ccccc2OC(F)F)C1. The highest BCUT2D eigenvalue weighted by atomic mass is 19.3. The predicted octanol–water partition coefficient (Wildman–Crippen LogP) is 3.66. The van der Waals surface area contributed by atoms with Crippen molar-refractivity contribution in [2.75, 3.05) is 12.4 Å². The summed E-state index contributed by atoms with van der Waals surface area (Å²) in [5.41, 5.74) is 0.615. The maximum absolute atomic E-state index is 12.3. The number of para-hydroxylation sites is 2. The summed E-state index contributed by atoms with van der Waals surface area (Å²) in [6.07, 6.45) is 4.29. The van der Waals surface area contributed by atoms with Crippen molar-refractivity contribution in [2.24, 2.45) is 0 Å². The highest BCUT2D eigenvalue weighted by Crippen LogP contribution is 2.29. The second-order valence-corrected chi connectivity index (χ2v) is 4.74. The molecule has 0 heterocycles. The summed E-state index contributed by atoms with van der Waals surface area (Å²) in [5.74, 6) is 0.192. The van der Waals surface area contributed by atoms with E-state index in [0.29, 0.717) is 5.69 Å². The standard InChI is InChI=1S/C14H19F2NO2/c1-18-11-6-4-5-10(9-11)17-12-7-2-3-8-13(12)19-14(15)16/h2-3,7-8,10-11,14,17H,4-6,9H2,1H3. The van der Waals surface area contributed by atoms with Gasteiger partial charge in [0.2, 0.25) is 0 Å². The van der Waals surface area contributed by atoms with Crippen LogP contribution in [-0.4, -0.2) is 25.9 Å². The van der Waals surface area contributed by atoms with Crippen molar-refractivity contribution in [3.05, 3.63) is 24.3 Å². The Bertz CT molecular complexity index is 401. The molecule has 1 aliphatic rings. The summed E-state index contributed by atoms with van der Waals surface area (Å²) in [4.78, 5) is 0. The van der Waals surface area contributed by atoms with Crippen LogP contribution >= 0.6 is 0 Å². The van der Waals surface area contributed by atoms with E-state index in [0.717, 1.165) is 25.7 Å². The van der Waals surface area contributed by atoms with Crippen molar-refractivity contribution < 1.29 is 18.3 Å². The molecular formula is C14H19F2NO2. The monoisotopic (exact) mass is 271 g/mol. The van der Waals surface area contributed by atoms with E-state index in [2.05, 4.69) is 10.1 Å². The highest BCUT2D eigenvalue weighted by molar-refractivity contribution is 5.56. The zero-order valence-electron chi connectivity index (χ0n) is 10.9. The van der Waals surface area contributed by atoms with Gasteiger partial charge in [0, 0.05) is 13.2 Å². The van der Waals surface area contributed by atoms with Crippen LogP contribution < -0.4 is 10.1 Å². The molecule has 0 bridgehead atoms. The van der Waals surface area contributed by atoms with Crippen molar-refractivity contribution in [1.29, 1.82) is 0 Å². The number of halogens is 2. The third-order valence-corrected chi connectivity index (χ3v) is 3.42. The minimum absolute atomic E-state index is 0.192. The van der Waals surface area contributed by atoms with Crippen molar-refractivity contribution in [2.45, 2.75) is 44.4 Å². The summed E-state index contributed by atoms with van der Waals surface area (Å²) in [6.45, 7) is -2.80. The molecule has 0 spiro atoms. The van der Waals surface area contributed by atoms with Crippen LogP contribution in [0.15, 0.2) is 24.3 Å². The van der Waals surface area contributed by atoms with Crippen LogP contribution in [0.3, 0.4) is 0 Å². The Morgan fingerprint density at radius 3 is 2.79 bits per heavy atom. The molecular weight excluding hydrogens is 252 g/mol. The molecule has 19 heavy (non-hydrogen) atoms. The molecule has 2 atom stereocenters. The molecule has 1 fully saturated rings. The van der Waals surface area contributed by atoms with Gasteiger partial charge in [-0.1, -0.05) is 12.1 Å². The predicted molar refractivity (Wildman–Crippen MR) is 69.7 cm³/mol.